The molecule has 2 aromatic rings. The highest BCUT2D eigenvalue weighted by Crippen LogP contribution is 2.28. The first-order valence-corrected chi connectivity index (χ1v) is 8.42. The number of carbonyl (C=O) groups is 2. The molecule has 0 aliphatic carbocycles. The van der Waals surface area contributed by atoms with Crippen molar-refractivity contribution in [1.82, 2.24) is 14.8 Å². The molecule has 3 rings (SSSR count). The Morgan fingerprint density at radius 1 is 1.48 bits per heavy atom. The van der Waals surface area contributed by atoms with E-state index in [1.165, 1.54) is 11.3 Å². The molecule has 0 unspecified atom stereocenters. The molecule has 0 amide bonds. The topological polar surface area (TPSA) is 77.3 Å². The Balaban J connectivity index is 1.75. The fourth-order valence-electron chi connectivity index (χ4n) is 2.70. The first kappa shape index (κ1) is 15.7. The van der Waals surface area contributed by atoms with E-state index in [4.69, 9.17) is 4.74 Å². The maximum Gasteiger partial charge on any atom is 0.310 e. The van der Waals surface area contributed by atoms with Crippen molar-refractivity contribution in [2.45, 2.75) is 19.8 Å². The van der Waals surface area contributed by atoms with Gasteiger partial charge < -0.3 is 9.64 Å². The molecule has 23 heavy (non-hydrogen) atoms. The van der Waals surface area contributed by atoms with E-state index in [9.17, 15) is 9.59 Å². The third kappa shape index (κ3) is 3.26. The second-order valence-corrected chi connectivity index (χ2v) is 6.26. The average Bonchev–Trinajstić information content (AvgIpc) is 3.23. The van der Waals surface area contributed by atoms with E-state index in [1.54, 1.807) is 22.9 Å². The second kappa shape index (κ2) is 6.91. The van der Waals surface area contributed by atoms with Crippen LogP contribution in [-0.4, -0.2) is 46.7 Å². The number of aldehydes is 1. The van der Waals surface area contributed by atoms with Gasteiger partial charge in [-0.15, -0.1) is 10.2 Å². The third-order valence-corrected chi connectivity index (χ3v) is 4.81. The zero-order valence-corrected chi connectivity index (χ0v) is 13.7. The Morgan fingerprint density at radius 3 is 3.09 bits per heavy atom. The molecule has 0 bridgehead atoms. The van der Waals surface area contributed by atoms with Crippen LogP contribution in [0.25, 0.3) is 5.13 Å². The van der Waals surface area contributed by atoms with Gasteiger partial charge in [0.1, 0.15) is 0 Å². The number of ether oxygens (including phenoxy) is 1. The van der Waals surface area contributed by atoms with Crippen molar-refractivity contribution < 1.29 is 14.3 Å². The largest absolute Gasteiger partial charge is 0.466 e. The molecule has 7 nitrogen and oxygen atoms in total. The molecule has 1 saturated heterocycles. The summed E-state index contributed by atoms with van der Waals surface area (Å²) >= 11 is 1.41. The SMILES string of the molecule is CCOC(=O)[C@H]1CCCN(c2nnc(-n3cccc3C=O)s2)C1. The molecule has 0 radical (unpaired) electrons. The second-order valence-electron chi connectivity index (χ2n) is 5.33. The van der Waals surface area contributed by atoms with E-state index in [-0.39, 0.29) is 11.9 Å². The average molecular weight is 334 g/mol. The number of hydrogen-bond donors (Lipinski definition) is 0. The highest BCUT2D eigenvalue weighted by molar-refractivity contribution is 7.17. The monoisotopic (exact) mass is 334 g/mol. The first-order valence-electron chi connectivity index (χ1n) is 7.61. The highest BCUT2D eigenvalue weighted by Gasteiger charge is 2.28. The smallest absolute Gasteiger partial charge is 0.310 e. The lowest BCUT2D eigenvalue weighted by Crippen LogP contribution is -2.39. The van der Waals surface area contributed by atoms with Crippen LogP contribution in [0.5, 0.6) is 0 Å². The molecule has 8 heteroatoms. The van der Waals surface area contributed by atoms with Crippen LogP contribution in [0.2, 0.25) is 0 Å². The van der Waals surface area contributed by atoms with Gasteiger partial charge in [-0.05, 0) is 31.9 Å². The van der Waals surface area contributed by atoms with Crippen LogP contribution < -0.4 is 4.90 Å². The molecule has 1 aliphatic rings. The summed E-state index contributed by atoms with van der Waals surface area (Å²) in [5, 5.41) is 9.79. The summed E-state index contributed by atoms with van der Waals surface area (Å²) in [5.41, 5.74) is 0.538. The predicted octanol–water partition coefficient (Wildman–Crippen LogP) is 1.92. The lowest BCUT2D eigenvalue weighted by molar-refractivity contribution is -0.148. The van der Waals surface area contributed by atoms with Crippen LogP contribution in [0.4, 0.5) is 5.13 Å². The summed E-state index contributed by atoms with van der Waals surface area (Å²) in [6, 6.07) is 3.52. The van der Waals surface area contributed by atoms with Gasteiger partial charge >= 0.3 is 5.97 Å². The predicted molar refractivity (Wildman–Crippen MR) is 86.2 cm³/mol. The van der Waals surface area contributed by atoms with Crippen LogP contribution >= 0.6 is 11.3 Å². The molecule has 0 saturated carbocycles. The Kier molecular flexibility index (Phi) is 4.71. The lowest BCUT2D eigenvalue weighted by atomic mass is 9.99. The molecular weight excluding hydrogens is 316 g/mol. The van der Waals surface area contributed by atoms with E-state index in [0.717, 1.165) is 30.8 Å². The number of anilines is 1. The van der Waals surface area contributed by atoms with Crippen molar-refractivity contribution in [3.05, 3.63) is 24.0 Å². The van der Waals surface area contributed by atoms with Gasteiger partial charge in [0.25, 0.3) is 0 Å². The fourth-order valence-corrected chi connectivity index (χ4v) is 3.59. The fraction of sp³-hybridized carbons (Fsp3) is 0.467. The van der Waals surface area contributed by atoms with Crippen LogP contribution in [0, 0.1) is 5.92 Å². The summed E-state index contributed by atoms with van der Waals surface area (Å²) in [7, 11) is 0. The minimum atomic E-state index is -0.143. The number of carbonyl (C=O) groups excluding carboxylic acids is 2. The van der Waals surface area contributed by atoms with Gasteiger partial charge in [-0.3, -0.25) is 14.2 Å². The first-order chi connectivity index (χ1) is 11.2. The van der Waals surface area contributed by atoms with Crippen LogP contribution in [0.15, 0.2) is 18.3 Å². The molecule has 0 spiro atoms. The lowest BCUT2D eigenvalue weighted by Gasteiger charge is -2.30. The molecular formula is C15H18N4O3S. The van der Waals surface area contributed by atoms with E-state index in [1.807, 2.05) is 6.92 Å². The number of piperidine rings is 1. The normalized spacial score (nSPS) is 18.0. The standard InChI is InChI=1S/C15H18N4O3S/c1-2-22-13(21)11-5-3-7-18(9-11)14-16-17-15(23-14)19-8-4-6-12(19)10-20/h4,6,8,10-11H,2-3,5,7,9H2,1H3/t11-/m0/s1. The zero-order valence-electron chi connectivity index (χ0n) is 12.8. The minimum absolute atomic E-state index is 0.117. The number of esters is 1. The maximum atomic E-state index is 11.9. The van der Waals surface area contributed by atoms with Crippen molar-refractivity contribution in [3.8, 4) is 5.13 Å². The van der Waals surface area contributed by atoms with E-state index >= 15 is 0 Å². The maximum absolute atomic E-state index is 11.9. The van der Waals surface area contributed by atoms with Crippen LogP contribution in [0.1, 0.15) is 30.3 Å². The van der Waals surface area contributed by atoms with Gasteiger partial charge in [-0.25, -0.2) is 0 Å². The summed E-state index contributed by atoms with van der Waals surface area (Å²) in [6.07, 6.45) is 4.33. The van der Waals surface area contributed by atoms with Crippen LogP contribution in [0.3, 0.4) is 0 Å². The van der Waals surface area contributed by atoms with E-state index in [2.05, 4.69) is 15.1 Å². The Hall–Kier alpha value is -2.22. The van der Waals surface area contributed by atoms with Crippen molar-refractivity contribution in [1.29, 1.82) is 0 Å². The molecule has 1 fully saturated rings. The summed E-state index contributed by atoms with van der Waals surface area (Å²) < 4.78 is 6.83. The van der Waals surface area contributed by atoms with Crippen molar-refractivity contribution in [3.63, 3.8) is 0 Å². The Labute approximate surface area is 137 Å². The molecule has 3 heterocycles. The molecule has 0 aromatic carbocycles. The van der Waals surface area contributed by atoms with E-state index in [0.29, 0.717) is 24.0 Å². The molecule has 1 atom stereocenters. The van der Waals surface area contributed by atoms with Gasteiger partial charge in [0.15, 0.2) is 6.29 Å². The van der Waals surface area contributed by atoms with Crippen LogP contribution in [-0.2, 0) is 9.53 Å². The number of rotatable bonds is 5. The third-order valence-electron chi connectivity index (χ3n) is 3.82. The van der Waals surface area contributed by atoms with Gasteiger partial charge in [0.2, 0.25) is 10.3 Å². The summed E-state index contributed by atoms with van der Waals surface area (Å²) in [5.74, 6) is -0.260. The summed E-state index contributed by atoms with van der Waals surface area (Å²) in [4.78, 5) is 25.0. The van der Waals surface area contributed by atoms with Crippen molar-refractivity contribution >= 4 is 28.7 Å². The Bertz CT molecular complexity index is 696. The summed E-state index contributed by atoms with van der Waals surface area (Å²) in [6.45, 7) is 3.66. The highest BCUT2D eigenvalue weighted by atomic mass is 32.1. The van der Waals surface area contributed by atoms with E-state index < -0.39 is 0 Å². The zero-order chi connectivity index (χ0) is 16.2. The number of hydrogen-bond acceptors (Lipinski definition) is 7. The van der Waals surface area contributed by atoms with Gasteiger partial charge in [0.05, 0.1) is 18.2 Å². The quantitative estimate of drug-likeness (QED) is 0.614. The molecule has 2 aromatic heterocycles. The van der Waals surface area contributed by atoms with Gasteiger partial charge in [-0.2, -0.15) is 0 Å². The minimum Gasteiger partial charge on any atom is -0.466 e. The number of nitrogens with zero attached hydrogens (tertiary/aromatic N) is 4. The van der Waals surface area contributed by atoms with Crippen molar-refractivity contribution in [2.75, 3.05) is 24.6 Å². The molecule has 122 valence electrons. The van der Waals surface area contributed by atoms with Gasteiger partial charge in [-0.1, -0.05) is 11.3 Å². The molecule has 0 N–H and O–H groups in total. The number of aromatic nitrogens is 3. The molecule has 1 aliphatic heterocycles. The Morgan fingerprint density at radius 2 is 2.30 bits per heavy atom. The van der Waals surface area contributed by atoms with Gasteiger partial charge in [0, 0.05) is 19.3 Å². The van der Waals surface area contributed by atoms with Crippen molar-refractivity contribution in [2.24, 2.45) is 5.92 Å².